The van der Waals surface area contributed by atoms with Crippen molar-refractivity contribution in [2.75, 3.05) is 19.3 Å². The molecule has 3 N–H and O–H groups in total. The van der Waals surface area contributed by atoms with Crippen LogP contribution >= 0.6 is 0 Å². The highest BCUT2D eigenvalue weighted by molar-refractivity contribution is 7.89. The minimum atomic E-state index is -3.64. The van der Waals surface area contributed by atoms with Gasteiger partial charge in [-0.25, -0.2) is 13.1 Å². The molecule has 7 nitrogen and oxygen atoms in total. The second kappa shape index (κ2) is 12.4. The zero-order valence-electron chi connectivity index (χ0n) is 21.2. The van der Waals surface area contributed by atoms with Gasteiger partial charge in [-0.15, -0.1) is 0 Å². The molecule has 0 radical (unpaired) electrons. The van der Waals surface area contributed by atoms with E-state index in [9.17, 15) is 18.3 Å². The summed E-state index contributed by atoms with van der Waals surface area (Å²) in [6.07, 6.45) is 10.0. The number of amides is 1. The van der Waals surface area contributed by atoms with E-state index in [-0.39, 0.29) is 5.92 Å². The van der Waals surface area contributed by atoms with Gasteiger partial charge in [-0.3, -0.25) is 9.78 Å². The molecule has 1 fully saturated rings. The predicted octanol–water partition coefficient (Wildman–Crippen LogP) is 4.35. The smallest absolute Gasteiger partial charge is 0.265 e. The fourth-order valence-corrected chi connectivity index (χ4v) is 5.40. The number of aliphatic hydroxyl groups is 1. The van der Waals surface area contributed by atoms with E-state index in [2.05, 4.69) is 45.4 Å². The van der Waals surface area contributed by atoms with Crippen LogP contribution < -0.4 is 10.0 Å². The molecule has 3 aromatic rings. The zero-order valence-corrected chi connectivity index (χ0v) is 22.0. The number of nitrogens with zero attached hydrogens (tertiary/aromatic N) is 1. The van der Waals surface area contributed by atoms with Crippen molar-refractivity contribution in [3.8, 4) is 11.1 Å². The molecular weight excluding hydrogens is 486 g/mol. The molecule has 0 bridgehead atoms. The van der Waals surface area contributed by atoms with Crippen molar-refractivity contribution >= 4 is 15.9 Å². The summed E-state index contributed by atoms with van der Waals surface area (Å²) in [5, 5.41) is 13.5. The molecule has 8 heteroatoms. The lowest BCUT2D eigenvalue weighted by molar-refractivity contribution is 0.0980. The van der Waals surface area contributed by atoms with Gasteiger partial charge in [0.25, 0.3) is 5.91 Å². The number of rotatable bonds is 10. The fourth-order valence-electron chi connectivity index (χ4n) is 4.95. The summed E-state index contributed by atoms with van der Waals surface area (Å²) in [4.78, 5) is 16.8. The van der Waals surface area contributed by atoms with Crippen molar-refractivity contribution in [1.29, 1.82) is 0 Å². The van der Waals surface area contributed by atoms with Crippen molar-refractivity contribution in [2.24, 2.45) is 0 Å². The maximum atomic E-state index is 12.7. The van der Waals surface area contributed by atoms with Crippen LogP contribution in [0.25, 0.3) is 11.1 Å². The second-order valence-electron chi connectivity index (χ2n) is 9.79. The molecule has 4 rings (SSSR count). The third-order valence-electron chi connectivity index (χ3n) is 6.90. The first kappa shape index (κ1) is 27.0. The van der Waals surface area contributed by atoms with Gasteiger partial charge in [0.2, 0.25) is 10.0 Å². The normalized spacial score (nSPS) is 15.3. The van der Waals surface area contributed by atoms with Gasteiger partial charge in [-0.1, -0.05) is 61.7 Å². The number of aliphatic hydroxyl groups excluding tert-OH is 1. The Kier molecular flexibility index (Phi) is 9.08. The molecule has 1 amide bonds. The maximum Gasteiger partial charge on any atom is 0.265 e. The first-order valence-electron chi connectivity index (χ1n) is 12.8. The summed E-state index contributed by atoms with van der Waals surface area (Å²) in [6.45, 7) is 1.21. The van der Waals surface area contributed by atoms with E-state index in [4.69, 9.17) is 0 Å². The van der Waals surface area contributed by atoms with Crippen molar-refractivity contribution in [3.05, 3.63) is 89.2 Å². The number of hydrogen-bond acceptors (Lipinski definition) is 6. The van der Waals surface area contributed by atoms with Gasteiger partial charge < -0.3 is 10.4 Å². The minimum absolute atomic E-state index is 0.251. The number of carbonyl (C=O) groups is 1. The molecule has 0 unspecified atom stereocenters. The average molecular weight is 522 g/mol. The molecule has 196 valence electrons. The summed E-state index contributed by atoms with van der Waals surface area (Å²) in [5.41, 5.74) is 5.42. The van der Waals surface area contributed by atoms with Crippen LogP contribution in [0.15, 0.2) is 67.0 Å². The van der Waals surface area contributed by atoms with Gasteiger partial charge in [0.15, 0.2) is 0 Å². The van der Waals surface area contributed by atoms with Gasteiger partial charge >= 0.3 is 0 Å². The first-order valence-corrected chi connectivity index (χ1v) is 14.7. The monoisotopic (exact) mass is 521 g/mol. The van der Waals surface area contributed by atoms with Gasteiger partial charge in [0.05, 0.1) is 12.4 Å². The molecule has 1 aliphatic carbocycles. The van der Waals surface area contributed by atoms with Crippen molar-refractivity contribution < 1.29 is 18.3 Å². The van der Waals surface area contributed by atoms with Crippen LogP contribution in [-0.2, 0) is 16.4 Å². The highest BCUT2D eigenvalue weighted by Gasteiger charge is 2.23. The number of carbonyl (C=O) groups excluding carboxylic acids is 1. The number of nitrogens with one attached hydrogen (secondary N) is 2. The molecule has 2 aromatic carbocycles. The zero-order chi connectivity index (χ0) is 26.3. The highest BCUT2D eigenvalue weighted by atomic mass is 32.2. The number of sulfonamides is 1. The molecule has 1 aromatic heterocycles. The van der Waals surface area contributed by atoms with Gasteiger partial charge in [-0.2, -0.15) is 0 Å². The summed E-state index contributed by atoms with van der Waals surface area (Å²) in [7, 11) is -3.64. The van der Waals surface area contributed by atoms with E-state index in [0.717, 1.165) is 67.2 Å². The molecule has 1 atom stereocenters. The predicted molar refractivity (Wildman–Crippen MR) is 146 cm³/mol. The van der Waals surface area contributed by atoms with Crippen LogP contribution in [0, 0.1) is 0 Å². The topological polar surface area (TPSA) is 108 Å². The summed E-state index contributed by atoms with van der Waals surface area (Å²) in [6, 6.07) is 17.7. The minimum Gasteiger partial charge on any atom is -0.387 e. The van der Waals surface area contributed by atoms with E-state index < -0.39 is 22.0 Å². The summed E-state index contributed by atoms with van der Waals surface area (Å²) < 4.78 is 25.5. The lowest BCUT2D eigenvalue weighted by atomic mass is 9.81. The second-order valence-corrected chi connectivity index (χ2v) is 11.5. The van der Waals surface area contributed by atoms with Crippen molar-refractivity contribution in [3.63, 3.8) is 0 Å². The van der Waals surface area contributed by atoms with Crippen LogP contribution in [0.5, 0.6) is 0 Å². The first-order chi connectivity index (χ1) is 17.8. The van der Waals surface area contributed by atoms with E-state index in [0.29, 0.717) is 12.1 Å². The Hall–Kier alpha value is -3.07. The summed E-state index contributed by atoms with van der Waals surface area (Å²) in [5.74, 6) is -0.313. The standard InChI is InChI=1S/C29H35N3O4S/c1-37(35,36)32-29(34)26-14-13-24(18-27(26)23-6-3-2-4-7-23)22-11-9-21(10-12-22)15-17-31-20-28(33)25-8-5-16-30-19-25/h5,8-14,16,18-19,23,28,31,33H,2-4,6-7,15,17,20H2,1H3,(H,32,34)/t28-/m0/s1. The number of benzene rings is 2. The molecule has 1 aliphatic rings. The molecule has 0 saturated heterocycles. The fraction of sp³-hybridized carbons (Fsp3) is 0.379. The molecule has 0 aliphatic heterocycles. The van der Waals surface area contributed by atoms with Gasteiger partial charge in [-0.05, 0) is 66.1 Å². The lowest BCUT2D eigenvalue weighted by Crippen LogP contribution is -2.30. The van der Waals surface area contributed by atoms with Crippen LogP contribution in [-0.4, -0.2) is 43.8 Å². The Labute approximate surface area is 219 Å². The van der Waals surface area contributed by atoms with Gasteiger partial charge in [0.1, 0.15) is 0 Å². The number of hydrogen-bond donors (Lipinski definition) is 3. The molecule has 37 heavy (non-hydrogen) atoms. The molecule has 0 spiro atoms. The Morgan fingerprint density at radius 2 is 1.78 bits per heavy atom. The number of pyridine rings is 1. The Morgan fingerprint density at radius 3 is 2.46 bits per heavy atom. The molecule has 1 saturated carbocycles. The van der Waals surface area contributed by atoms with Crippen LogP contribution in [0.3, 0.4) is 0 Å². The Balaban J connectivity index is 1.42. The molecule has 1 heterocycles. The van der Waals surface area contributed by atoms with Crippen LogP contribution in [0.4, 0.5) is 0 Å². The van der Waals surface area contributed by atoms with E-state index in [1.54, 1.807) is 18.5 Å². The van der Waals surface area contributed by atoms with Crippen molar-refractivity contribution in [2.45, 2.75) is 50.5 Å². The average Bonchev–Trinajstić information content (AvgIpc) is 2.91. The third-order valence-corrected chi connectivity index (χ3v) is 7.46. The Morgan fingerprint density at radius 1 is 1.05 bits per heavy atom. The van der Waals surface area contributed by atoms with Crippen molar-refractivity contribution in [1.82, 2.24) is 15.0 Å². The SMILES string of the molecule is CS(=O)(=O)NC(=O)c1ccc(-c2ccc(CCNC[C@H](O)c3cccnc3)cc2)cc1C1CCCCC1. The number of aromatic nitrogens is 1. The highest BCUT2D eigenvalue weighted by Crippen LogP contribution is 2.36. The maximum absolute atomic E-state index is 12.7. The Bertz CT molecular complexity index is 1290. The third kappa shape index (κ3) is 7.71. The van der Waals surface area contributed by atoms with E-state index in [1.807, 2.05) is 18.2 Å². The quantitative estimate of drug-likeness (QED) is 0.342. The van der Waals surface area contributed by atoms with Gasteiger partial charge in [0, 0.05) is 30.1 Å². The van der Waals surface area contributed by atoms with Crippen LogP contribution in [0.2, 0.25) is 0 Å². The van der Waals surface area contributed by atoms with E-state index in [1.165, 1.54) is 12.0 Å². The van der Waals surface area contributed by atoms with E-state index >= 15 is 0 Å². The molecular formula is C29H35N3O4S. The largest absolute Gasteiger partial charge is 0.387 e. The lowest BCUT2D eigenvalue weighted by Gasteiger charge is -2.24. The summed E-state index contributed by atoms with van der Waals surface area (Å²) >= 11 is 0. The van der Waals surface area contributed by atoms with Crippen LogP contribution in [0.1, 0.15) is 71.2 Å².